The van der Waals surface area contributed by atoms with Crippen molar-refractivity contribution in [2.75, 3.05) is 19.0 Å². The van der Waals surface area contributed by atoms with E-state index in [9.17, 15) is 4.79 Å². The summed E-state index contributed by atoms with van der Waals surface area (Å²) in [4.78, 5) is 13.1. The van der Waals surface area contributed by atoms with E-state index in [-0.39, 0.29) is 18.3 Å². The number of carbonyl (C=O) groups excluding carboxylic acids is 1. The third-order valence-corrected chi connectivity index (χ3v) is 5.38. The quantitative estimate of drug-likeness (QED) is 0.440. The summed E-state index contributed by atoms with van der Waals surface area (Å²) in [5.41, 5.74) is 0.772. The van der Waals surface area contributed by atoms with Crippen LogP contribution in [0.3, 0.4) is 0 Å². The molecule has 0 fully saturated rings. The molecule has 138 valence electrons. The summed E-state index contributed by atoms with van der Waals surface area (Å²) in [6.07, 6.45) is 0. The molecule has 3 aromatic rings. The summed E-state index contributed by atoms with van der Waals surface area (Å²) >= 11 is 7.66. The fraction of sp³-hybridized carbons (Fsp3) is 0.190. The summed E-state index contributed by atoms with van der Waals surface area (Å²) in [5, 5.41) is 2.80. The van der Waals surface area contributed by atoms with E-state index in [4.69, 9.17) is 25.8 Å². The SMILES string of the molecule is O=C(CSc1ccc2ccccc2c1)OCc1cc(Cl)c2c(c1)OCCO2. The monoisotopic (exact) mass is 400 g/mol. The van der Waals surface area contributed by atoms with Crippen LogP contribution in [0, 0.1) is 0 Å². The molecule has 0 aliphatic carbocycles. The topological polar surface area (TPSA) is 44.8 Å². The second-order valence-electron chi connectivity index (χ2n) is 6.06. The molecule has 1 heterocycles. The lowest BCUT2D eigenvalue weighted by atomic mass is 10.1. The van der Waals surface area contributed by atoms with Crippen molar-refractivity contribution in [1.29, 1.82) is 0 Å². The molecule has 27 heavy (non-hydrogen) atoms. The van der Waals surface area contributed by atoms with Crippen molar-refractivity contribution in [3.8, 4) is 11.5 Å². The highest BCUT2D eigenvalue weighted by Crippen LogP contribution is 2.38. The molecular weight excluding hydrogens is 384 g/mol. The first-order valence-electron chi connectivity index (χ1n) is 8.54. The third kappa shape index (κ3) is 4.31. The standard InChI is InChI=1S/C21H17ClO4S/c22-18-9-14(10-19-21(18)25-8-7-24-19)12-26-20(23)13-27-17-6-5-15-3-1-2-4-16(15)11-17/h1-6,9-11H,7-8,12-13H2. The molecule has 6 heteroatoms. The lowest BCUT2D eigenvalue weighted by Gasteiger charge is -2.20. The van der Waals surface area contributed by atoms with Crippen molar-refractivity contribution in [1.82, 2.24) is 0 Å². The van der Waals surface area contributed by atoms with Crippen LogP contribution < -0.4 is 9.47 Å². The fourth-order valence-corrected chi connectivity index (χ4v) is 3.88. The normalized spacial score (nSPS) is 12.8. The van der Waals surface area contributed by atoms with Gasteiger partial charge in [0.2, 0.25) is 0 Å². The molecule has 0 saturated carbocycles. The van der Waals surface area contributed by atoms with Gasteiger partial charge in [-0.1, -0.05) is 41.9 Å². The largest absolute Gasteiger partial charge is 0.486 e. The highest BCUT2D eigenvalue weighted by atomic mass is 35.5. The minimum atomic E-state index is -0.279. The summed E-state index contributed by atoms with van der Waals surface area (Å²) < 4.78 is 16.4. The van der Waals surface area contributed by atoms with Crippen molar-refractivity contribution in [3.05, 3.63) is 65.2 Å². The molecular formula is C21H17ClO4S. The van der Waals surface area contributed by atoms with Gasteiger partial charge in [-0.05, 0) is 40.6 Å². The van der Waals surface area contributed by atoms with E-state index in [2.05, 4.69) is 24.3 Å². The molecule has 0 radical (unpaired) electrons. The predicted molar refractivity (Wildman–Crippen MR) is 107 cm³/mol. The van der Waals surface area contributed by atoms with Crippen LogP contribution in [0.25, 0.3) is 10.8 Å². The number of carbonyl (C=O) groups is 1. The Morgan fingerprint density at radius 2 is 1.85 bits per heavy atom. The Hall–Kier alpha value is -2.37. The second-order valence-corrected chi connectivity index (χ2v) is 7.52. The number of hydrogen-bond donors (Lipinski definition) is 0. The Balaban J connectivity index is 1.33. The minimum absolute atomic E-state index is 0.146. The zero-order valence-electron chi connectivity index (χ0n) is 14.4. The van der Waals surface area contributed by atoms with Gasteiger partial charge in [-0.2, -0.15) is 0 Å². The van der Waals surface area contributed by atoms with Crippen LogP contribution in [0.1, 0.15) is 5.56 Å². The van der Waals surface area contributed by atoms with E-state index in [1.165, 1.54) is 17.1 Å². The Morgan fingerprint density at radius 1 is 1.04 bits per heavy atom. The number of benzene rings is 3. The van der Waals surface area contributed by atoms with Gasteiger partial charge in [0.25, 0.3) is 0 Å². The molecule has 4 rings (SSSR count). The van der Waals surface area contributed by atoms with E-state index in [0.29, 0.717) is 29.7 Å². The van der Waals surface area contributed by atoms with Gasteiger partial charge < -0.3 is 14.2 Å². The van der Waals surface area contributed by atoms with Crippen molar-refractivity contribution in [3.63, 3.8) is 0 Å². The minimum Gasteiger partial charge on any atom is -0.486 e. The zero-order chi connectivity index (χ0) is 18.6. The molecule has 0 atom stereocenters. The van der Waals surface area contributed by atoms with Crippen LogP contribution in [0.15, 0.2) is 59.5 Å². The Labute approximate surface area is 166 Å². The summed E-state index contributed by atoms with van der Waals surface area (Å²) in [5.74, 6) is 1.10. The van der Waals surface area contributed by atoms with Gasteiger partial charge in [0.1, 0.15) is 19.8 Å². The van der Waals surface area contributed by atoms with Crippen molar-refractivity contribution in [2.24, 2.45) is 0 Å². The summed E-state index contributed by atoms with van der Waals surface area (Å²) in [7, 11) is 0. The van der Waals surface area contributed by atoms with E-state index >= 15 is 0 Å². The second kappa shape index (κ2) is 8.11. The van der Waals surface area contributed by atoms with E-state index < -0.39 is 0 Å². The fourth-order valence-electron chi connectivity index (χ4n) is 2.85. The van der Waals surface area contributed by atoms with Gasteiger partial charge in [0, 0.05) is 4.90 Å². The maximum atomic E-state index is 12.1. The summed E-state index contributed by atoms with van der Waals surface area (Å²) in [6.45, 7) is 1.11. The number of thioether (sulfide) groups is 1. The molecule has 0 unspecified atom stereocenters. The smallest absolute Gasteiger partial charge is 0.316 e. The molecule has 0 amide bonds. The molecule has 0 saturated heterocycles. The van der Waals surface area contributed by atoms with Gasteiger partial charge in [-0.3, -0.25) is 4.79 Å². The number of esters is 1. The predicted octanol–water partition coefficient (Wildman–Crippen LogP) is 5.10. The van der Waals surface area contributed by atoms with Crippen molar-refractivity contribution < 1.29 is 19.0 Å². The number of rotatable bonds is 5. The molecule has 1 aliphatic rings. The maximum Gasteiger partial charge on any atom is 0.316 e. The van der Waals surface area contributed by atoms with E-state index in [1.54, 1.807) is 12.1 Å². The van der Waals surface area contributed by atoms with Gasteiger partial charge in [0.15, 0.2) is 11.5 Å². The highest BCUT2D eigenvalue weighted by molar-refractivity contribution is 8.00. The zero-order valence-corrected chi connectivity index (χ0v) is 16.0. The number of halogens is 1. The van der Waals surface area contributed by atoms with Crippen LogP contribution >= 0.6 is 23.4 Å². The van der Waals surface area contributed by atoms with Crippen LogP contribution in [0.4, 0.5) is 0 Å². The van der Waals surface area contributed by atoms with Gasteiger partial charge in [-0.15, -0.1) is 11.8 Å². The van der Waals surface area contributed by atoms with Crippen molar-refractivity contribution in [2.45, 2.75) is 11.5 Å². The molecule has 0 N–H and O–H groups in total. The average Bonchev–Trinajstić information content (AvgIpc) is 2.70. The van der Waals surface area contributed by atoms with Gasteiger partial charge in [0.05, 0.1) is 10.8 Å². The first-order chi connectivity index (χ1) is 13.2. The summed E-state index contributed by atoms with van der Waals surface area (Å²) in [6, 6.07) is 17.8. The van der Waals surface area contributed by atoms with Crippen LogP contribution in [0.5, 0.6) is 11.5 Å². The lowest BCUT2D eigenvalue weighted by Crippen LogP contribution is -2.16. The van der Waals surface area contributed by atoms with Crippen LogP contribution in [0.2, 0.25) is 5.02 Å². The first kappa shape index (κ1) is 18.0. The third-order valence-electron chi connectivity index (χ3n) is 4.13. The molecule has 0 spiro atoms. The van der Waals surface area contributed by atoms with Crippen LogP contribution in [-0.4, -0.2) is 24.9 Å². The van der Waals surface area contributed by atoms with Crippen LogP contribution in [-0.2, 0) is 16.1 Å². The Bertz CT molecular complexity index is 989. The maximum absolute atomic E-state index is 12.1. The molecule has 4 nitrogen and oxygen atoms in total. The molecule has 1 aliphatic heterocycles. The number of hydrogen-bond acceptors (Lipinski definition) is 5. The number of fused-ring (bicyclic) bond motifs is 2. The van der Waals surface area contributed by atoms with Crippen molar-refractivity contribution >= 4 is 40.1 Å². The lowest BCUT2D eigenvalue weighted by molar-refractivity contribution is -0.141. The molecule has 0 bridgehead atoms. The van der Waals surface area contributed by atoms with E-state index in [0.717, 1.165) is 15.8 Å². The Kier molecular flexibility index (Phi) is 5.41. The van der Waals surface area contributed by atoms with Gasteiger partial charge in [-0.25, -0.2) is 0 Å². The molecule has 3 aromatic carbocycles. The van der Waals surface area contributed by atoms with Gasteiger partial charge >= 0.3 is 5.97 Å². The average molecular weight is 401 g/mol. The highest BCUT2D eigenvalue weighted by Gasteiger charge is 2.17. The molecule has 0 aromatic heterocycles. The Morgan fingerprint density at radius 3 is 2.74 bits per heavy atom. The van der Waals surface area contributed by atoms with E-state index in [1.807, 2.05) is 18.2 Å². The number of ether oxygens (including phenoxy) is 3. The first-order valence-corrected chi connectivity index (χ1v) is 9.91.